The zero-order valence-corrected chi connectivity index (χ0v) is 19.7. The topological polar surface area (TPSA) is 68.2 Å². The highest BCUT2D eigenvalue weighted by atomic mass is 16.5. The third-order valence-electron chi connectivity index (χ3n) is 5.17. The molecule has 0 radical (unpaired) electrons. The smallest absolute Gasteiger partial charge is 0.211 e. The minimum atomic E-state index is -0.232. The van der Waals surface area contributed by atoms with Crippen LogP contribution in [0.15, 0.2) is 0 Å². The number of hydrogen-bond donors (Lipinski definition) is 2. The van der Waals surface area contributed by atoms with Gasteiger partial charge in [-0.1, -0.05) is 72.6 Å². The Hall–Kier alpha value is -1.78. The van der Waals surface area contributed by atoms with Gasteiger partial charge in [0, 0.05) is 5.56 Å². The summed E-state index contributed by atoms with van der Waals surface area (Å²) in [4.78, 5) is 0. The van der Waals surface area contributed by atoms with Crippen LogP contribution in [-0.2, 0) is 6.42 Å². The molecule has 30 heavy (non-hydrogen) atoms. The Balaban J connectivity index is 3.27. The highest BCUT2D eigenvalue weighted by Gasteiger charge is 2.27. The number of unbranched alkanes of at least 4 members (excludes halogenated alkanes) is 7. The second kappa shape index (κ2) is 16.0. The molecule has 0 unspecified atom stereocenters. The maximum Gasteiger partial charge on any atom is 0.211 e. The van der Waals surface area contributed by atoms with Crippen molar-refractivity contribution in [1.82, 2.24) is 0 Å². The zero-order chi connectivity index (χ0) is 22.2. The summed E-state index contributed by atoms with van der Waals surface area (Å²) in [6, 6.07) is 0. The highest BCUT2D eigenvalue weighted by molar-refractivity contribution is 5.69. The molecule has 1 aromatic carbocycles. The second-order valence-corrected chi connectivity index (χ2v) is 7.93. The SMILES string of the molecule is CCCCCOc1c(O)c(O)c(CCCC)c(OCCCCC)c1OCCCCC. The molecule has 0 atom stereocenters. The van der Waals surface area contributed by atoms with Gasteiger partial charge < -0.3 is 24.4 Å². The molecule has 0 saturated heterocycles. The van der Waals surface area contributed by atoms with Crippen molar-refractivity contribution in [1.29, 1.82) is 0 Å². The molecule has 0 heterocycles. The van der Waals surface area contributed by atoms with Crippen LogP contribution in [0.3, 0.4) is 0 Å². The third kappa shape index (κ3) is 8.53. The van der Waals surface area contributed by atoms with Crippen LogP contribution in [-0.4, -0.2) is 30.0 Å². The Labute approximate surface area is 183 Å². The van der Waals surface area contributed by atoms with E-state index in [1.165, 1.54) is 0 Å². The molecule has 2 N–H and O–H groups in total. The Bertz CT molecular complexity index is 586. The average molecular weight is 425 g/mol. The van der Waals surface area contributed by atoms with E-state index >= 15 is 0 Å². The number of hydrogen-bond acceptors (Lipinski definition) is 5. The minimum absolute atomic E-state index is 0.139. The summed E-state index contributed by atoms with van der Waals surface area (Å²) in [6.45, 7) is 10.1. The number of phenolic OH excluding ortho intramolecular Hbond substituents is 2. The first kappa shape index (κ1) is 26.3. The molecule has 174 valence electrons. The lowest BCUT2D eigenvalue weighted by molar-refractivity contribution is 0.223. The van der Waals surface area contributed by atoms with Gasteiger partial charge in [-0.2, -0.15) is 0 Å². The first-order chi connectivity index (χ1) is 14.6. The number of ether oxygens (including phenoxy) is 3. The van der Waals surface area contributed by atoms with Crippen molar-refractivity contribution in [3.63, 3.8) is 0 Å². The summed E-state index contributed by atoms with van der Waals surface area (Å²) in [5.41, 5.74) is 0.622. The van der Waals surface area contributed by atoms with E-state index in [-0.39, 0.29) is 17.2 Å². The van der Waals surface area contributed by atoms with E-state index in [1.807, 2.05) is 0 Å². The highest BCUT2D eigenvalue weighted by Crippen LogP contribution is 2.53. The van der Waals surface area contributed by atoms with Gasteiger partial charge in [0.15, 0.2) is 11.5 Å². The fraction of sp³-hybridized carbons (Fsp3) is 0.760. The van der Waals surface area contributed by atoms with E-state index in [2.05, 4.69) is 27.7 Å². The predicted octanol–water partition coefficient (Wildman–Crippen LogP) is 7.15. The van der Waals surface area contributed by atoms with Crippen LogP contribution in [0.25, 0.3) is 0 Å². The summed E-state index contributed by atoms with van der Waals surface area (Å²) in [6.07, 6.45) is 11.8. The van der Waals surface area contributed by atoms with Gasteiger partial charge in [-0.3, -0.25) is 0 Å². The van der Waals surface area contributed by atoms with Gasteiger partial charge in [0.2, 0.25) is 17.2 Å². The summed E-state index contributed by atoms with van der Waals surface area (Å²) in [5, 5.41) is 21.5. The average Bonchev–Trinajstić information content (AvgIpc) is 2.75. The predicted molar refractivity (Wildman–Crippen MR) is 123 cm³/mol. The Morgan fingerprint density at radius 1 is 0.500 bits per heavy atom. The van der Waals surface area contributed by atoms with Gasteiger partial charge in [0.1, 0.15) is 0 Å². The standard InChI is InChI=1S/C25H44O5/c1-5-9-13-17-28-23-20(16-12-8-4)21(26)22(27)24(29-18-14-10-6-2)25(23)30-19-15-11-7-3/h26-27H,5-19H2,1-4H3. The first-order valence-corrected chi connectivity index (χ1v) is 12.1. The summed E-state index contributed by atoms with van der Waals surface area (Å²) < 4.78 is 18.2. The van der Waals surface area contributed by atoms with Crippen molar-refractivity contribution in [2.24, 2.45) is 0 Å². The van der Waals surface area contributed by atoms with Crippen molar-refractivity contribution >= 4 is 0 Å². The van der Waals surface area contributed by atoms with Crippen LogP contribution in [0.1, 0.15) is 104 Å². The van der Waals surface area contributed by atoms with Crippen LogP contribution in [0, 0.1) is 0 Å². The zero-order valence-electron chi connectivity index (χ0n) is 19.7. The number of benzene rings is 1. The van der Waals surface area contributed by atoms with Crippen LogP contribution in [0.5, 0.6) is 28.7 Å². The molecule has 0 aliphatic heterocycles. The molecular weight excluding hydrogens is 380 g/mol. The Morgan fingerprint density at radius 2 is 0.933 bits per heavy atom. The van der Waals surface area contributed by atoms with Gasteiger partial charge in [-0.15, -0.1) is 0 Å². The quantitative estimate of drug-likeness (QED) is 0.193. The van der Waals surface area contributed by atoms with Crippen molar-refractivity contribution in [3.8, 4) is 28.7 Å². The molecule has 5 heteroatoms. The Morgan fingerprint density at radius 3 is 1.40 bits per heavy atom. The number of rotatable bonds is 18. The van der Waals surface area contributed by atoms with Crippen molar-refractivity contribution in [2.75, 3.05) is 19.8 Å². The van der Waals surface area contributed by atoms with E-state index in [9.17, 15) is 10.2 Å². The summed E-state index contributed by atoms with van der Waals surface area (Å²) in [5.74, 6) is 0.826. The summed E-state index contributed by atoms with van der Waals surface area (Å²) in [7, 11) is 0. The van der Waals surface area contributed by atoms with Gasteiger partial charge >= 0.3 is 0 Å². The van der Waals surface area contributed by atoms with Gasteiger partial charge in [-0.25, -0.2) is 0 Å². The van der Waals surface area contributed by atoms with Gasteiger partial charge in [0.05, 0.1) is 19.8 Å². The minimum Gasteiger partial charge on any atom is -0.504 e. The fourth-order valence-corrected chi connectivity index (χ4v) is 3.29. The molecule has 0 aliphatic carbocycles. The van der Waals surface area contributed by atoms with Gasteiger partial charge in [0.25, 0.3) is 0 Å². The number of aromatic hydroxyl groups is 2. The molecule has 0 spiro atoms. The van der Waals surface area contributed by atoms with Crippen LogP contribution in [0.4, 0.5) is 0 Å². The molecule has 0 fully saturated rings. The van der Waals surface area contributed by atoms with Crippen molar-refractivity contribution < 1.29 is 24.4 Å². The monoisotopic (exact) mass is 424 g/mol. The molecule has 0 bridgehead atoms. The van der Waals surface area contributed by atoms with Crippen LogP contribution >= 0.6 is 0 Å². The van der Waals surface area contributed by atoms with Crippen molar-refractivity contribution in [2.45, 2.75) is 105 Å². The molecule has 0 aromatic heterocycles. The lowest BCUT2D eigenvalue weighted by Crippen LogP contribution is -2.09. The fourth-order valence-electron chi connectivity index (χ4n) is 3.29. The molecule has 5 nitrogen and oxygen atoms in total. The van der Waals surface area contributed by atoms with E-state index in [4.69, 9.17) is 14.2 Å². The maximum absolute atomic E-state index is 10.8. The largest absolute Gasteiger partial charge is 0.504 e. The van der Waals surface area contributed by atoms with Crippen molar-refractivity contribution in [3.05, 3.63) is 5.56 Å². The van der Waals surface area contributed by atoms with Crippen LogP contribution < -0.4 is 14.2 Å². The maximum atomic E-state index is 10.8. The van der Waals surface area contributed by atoms with Crippen LogP contribution in [0.2, 0.25) is 0 Å². The lowest BCUT2D eigenvalue weighted by atomic mass is 10.0. The molecule has 1 aromatic rings. The number of phenols is 2. The third-order valence-corrected chi connectivity index (χ3v) is 5.17. The normalized spacial score (nSPS) is 10.9. The van der Waals surface area contributed by atoms with E-state index in [0.29, 0.717) is 43.3 Å². The Kier molecular flexibility index (Phi) is 14.0. The first-order valence-electron chi connectivity index (χ1n) is 12.1. The van der Waals surface area contributed by atoms with E-state index in [1.54, 1.807) is 0 Å². The molecule has 0 amide bonds. The molecule has 0 aliphatic rings. The lowest BCUT2D eigenvalue weighted by Gasteiger charge is -2.22. The summed E-state index contributed by atoms with van der Waals surface area (Å²) >= 11 is 0. The molecule has 0 saturated carbocycles. The van der Waals surface area contributed by atoms with E-state index in [0.717, 1.165) is 70.6 Å². The second-order valence-electron chi connectivity index (χ2n) is 7.93. The van der Waals surface area contributed by atoms with Gasteiger partial charge in [-0.05, 0) is 32.1 Å². The molecular formula is C25H44O5. The van der Waals surface area contributed by atoms with E-state index < -0.39 is 0 Å². The molecule has 1 rings (SSSR count).